The lowest BCUT2D eigenvalue weighted by atomic mass is 9.92. The molecule has 1 unspecified atom stereocenters. The predicted octanol–water partition coefficient (Wildman–Crippen LogP) is 1.48. The third-order valence-corrected chi connectivity index (χ3v) is 3.62. The highest BCUT2D eigenvalue weighted by Crippen LogP contribution is 2.32. The normalized spacial score (nSPS) is 19.3. The number of amides is 2. The van der Waals surface area contributed by atoms with E-state index in [0.29, 0.717) is 5.75 Å². The van der Waals surface area contributed by atoms with Crippen molar-refractivity contribution >= 4 is 11.8 Å². The Balaban J connectivity index is 2.13. The fraction of sp³-hybridized carbons (Fsp3) is 0.467. The molecule has 0 aliphatic carbocycles. The number of hydrogen-bond acceptors (Lipinski definition) is 4. The van der Waals surface area contributed by atoms with Crippen LogP contribution < -0.4 is 10.5 Å². The van der Waals surface area contributed by atoms with Gasteiger partial charge in [-0.15, -0.1) is 0 Å². The van der Waals surface area contributed by atoms with E-state index in [9.17, 15) is 9.59 Å². The van der Waals surface area contributed by atoms with Gasteiger partial charge in [-0.3, -0.25) is 14.5 Å². The zero-order valence-corrected chi connectivity index (χ0v) is 12.1. The molecule has 2 N–H and O–H groups in total. The maximum absolute atomic E-state index is 12.2. The number of nitrogens with zero attached hydrogens (tertiary/aromatic N) is 1. The van der Waals surface area contributed by atoms with Gasteiger partial charge in [0.15, 0.2) is 0 Å². The van der Waals surface area contributed by atoms with Crippen molar-refractivity contribution in [3.63, 3.8) is 0 Å². The second-order valence-electron chi connectivity index (χ2n) is 5.75. The second-order valence-corrected chi connectivity index (χ2v) is 5.75. The first-order chi connectivity index (χ1) is 9.35. The quantitative estimate of drug-likeness (QED) is 0.845. The summed E-state index contributed by atoms with van der Waals surface area (Å²) < 4.78 is 5.15. The Morgan fingerprint density at radius 3 is 2.65 bits per heavy atom. The molecule has 1 aromatic rings. The van der Waals surface area contributed by atoms with Crippen molar-refractivity contribution < 1.29 is 14.3 Å². The molecule has 5 heteroatoms. The molecule has 0 radical (unpaired) electrons. The number of rotatable bonds is 4. The van der Waals surface area contributed by atoms with Gasteiger partial charge in [0.25, 0.3) is 0 Å². The first kappa shape index (κ1) is 14.5. The number of imide groups is 1. The van der Waals surface area contributed by atoms with Gasteiger partial charge in [-0.25, -0.2) is 0 Å². The fourth-order valence-electron chi connectivity index (χ4n) is 2.39. The molecule has 2 rings (SSSR count). The number of carbonyl (C=O) groups excluding carboxylic acids is 2. The van der Waals surface area contributed by atoms with Crippen LogP contribution in [0.15, 0.2) is 24.3 Å². The van der Waals surface area contributed by atoms with E-state index >= 15 is 0 Å². The van der Waals surface area contributed by atoms with Gasteiger partial charge in [0.2, 0.25) is 11.8 Å². The zero-order valence-electron chi connectivity index (χ0n) is 12.1. The molecule has 0 saturated carbocycles. The van der Waals surface area contributed by atoms with Crippen LogP contribution in [0.2, 0.25) is 0 Å². The molecule has 1 fully saturated rings. The highest BCUT2D eigenvalue weighted by Gasteiger charge is 2.45. The SMILES string of the molecule is COc1cccc(C(N)CN2C(=O)CC(C)(C)C2=O)c1. The summed E-state index contributed by atoms with van der Waals surface area (Å²) in [7, 11) is 1.58. The van der Waals surface area contributed by atoms with Gasteiger partial charge >= 0.3 is 0 Å². The largest absolute Gasteiger partial charge is 0.497 e. The molecule has 1 saturated heterocycles. The molecule has 0 bridgehead atoms. The molecule has 0 spiro atoms. The van der Waals surface area contributed by atoms with Crippen LogP contribution >= 0.6 is 0 Å². The maximum atomic E-state index is 12.2. The first-order valence-electron chi connectivity index (χ1n) is 6.59. The third kappa shape index (κ3) is 2.67. The van der Waals surface area contributed by atoms with E-state index < -0.39 is 11.5 Å². The van der Waals surface area contributed by atoms with E-state index in [0.717, 1.165) is 5.56 Å². The van der Waals surface area contributed by atoms with Gasteiger partial charge in [0, 0.05) is 19.0 Å². The van der Waals surface area contributed by atoms with Crippen LogP contribution in [0.4, 0.5) is 0 Å². The standard InChI is InChI=1S/C15H20N2O3/c1-15(2)8-13(18)17(14(15)19)9-12(16)10-5-4-6-11(7-10)20-3/h4-7,12H,8-9,16H2,1-3H3. The van der Waals surface area contributed by atoms with Crippen LogP contribution in [0.5, 0.6) is 5.75 Å². The summed E-state index contributed by atoms with van der Waals surface area (Å²) >= 11 is 0. The average molecular weight is 276 g/mol. The third-order valence-electron chi connectivity index (χ3n) is 3.62. The Kier molecular flexibility index (Phi) is 3.81. The van der Waals surface area contributed by atoms with E-state index in [2.05, 4.69) is 0 Å². The van der Waals surface area contributed by atoms with E-state index in [1.165, 1.54) is 4.90 Å². The second kappa shape index (κ2) is 5.25. The summed E-state index contributed by atoms with van der Waals surface area (Å²) in [5, 5.41) is 0. The molecular formula is C15H20N2O3. The molecule has 1 heterocycles. The number of nitrogens with two attached hydrogens (primary N) is 1. The van der Waals surface area contributed by atoms with Crippen LogP contribution in [0.1, 0.15) is 31.9 Å². The van der Waals surface area contributed by atoms with Gasteiger partial charge in [0.05, 0.1) is 12.5 Å². The summed E-state index contributed by atoms with van der Waals surface area (Å²) in [4.78, 5) is 25.3. The maximum Gasteiger partial charge on any atom is 0.235 e. The highest BCUT2D eigenvalue weighted by molar-refractivity contribution is 6.05. The van der Waals surface area contributed by atoms with E-state index in [4.69, 9.17) is 10.5 Å². The molecular weight excluding hydrogens is 256 g/mol. The van der Waals surface area contributed by atoms with Gasteiger partial charge in [0.1, 0.15) is 5.75 Å². The lowest BCUT2D eigenvalue weighted by molar-refractivity contribution is -0.141. The minimum atomic E-state index is -0.620. The molecule has 1 aromatic carbocycles. The summed E-state index contributed by atoms with van der Waals surface area (Å²) in [6.45, 7) is 3.77. The number of likely N-dealkylation sites (tertiary alicyclic amines) is 1. The summed E-state index contributed by atoms with van der Waals surface area (Å²) in [5.74, 6) is 0.400. The molecule has 1 aliphatic heterocycles. The van der Waals surface area contributed by atoms with Crippen LogP contribution in [0.3, 0.4) is 0 Å². The number of benzene rings is 1. The van der Waals surface area contributed by atoms with Crippen molar-refractivity contribution in [2.24, 2.45) is 11.1 Å². The van der Waals surface area contributed by atoms with Crippen molar-refractivity contribution in [3.05, 3.63) is 29.8 Å². The van der Waals surface area contributed by atoms with Gasteiger partial charge in [-0.2, -0.15) is 0 Å². The summed E-state index contributed by atoms with van der Waals surface area (Å²) in [5.41, 5.74) is 6.33. The van der Waals surface area contributed by atoms with Gasteiger partial charge < -0.3 is 10.5 Å². The first-order valence-corrected chi connectivity index (χ1v) is 6.59. The molecule has 1 aliphatic rings. The molecule has 1 atom stereocenters. The zero-order chi connectivity index (χ0) is 14.9. The van der Waals surface area contributed by atoms with Crippen molar-refractivity contribution in [2.75, 3.05) is 13.7 Å². The summed E-state index contributed by atoms with van der Waals surface area (Å²) in [6, 6.07) is 6.94. The lowest BCUT2D eigenvalue weighted by Gasteiger charge is -2.22. The fourth-order valence-corrected chi connectivity index (χ4v) is 2.39. The molecule has 20 heavy (non-hydrogen) atoms. The molecule has 5 nitrogen and oxygen atoms in total. The number of ether oxygens (including phenoxy) is 1. The van der Waals surface area contributed by atoms with Crippen LogP contribution in [0, 0.1) is 5.41 Å². The Morgan fingerprint density at radius 1 is 1.40 bits per heavy atom. The Hall–Kier alpha value is -1.88. The monoisotopic (exact) mass is 276 g/mol. The van der Waals surface area contributed by atoms with Crippen molar-refractivity contribution in [2.45, 2.75) is 26.3 Å². The number of hydrogen-bond donors (Lipinski definition) is 1. The smallest absolute Gasteiger partial charge is 0.235 e. The Bertz CT molecular complexity index is 540. The lowest BCUT2D eigenvalue weighted by Crippen LogP contribution is -2.38. The number of methoxy groups -OCH3 is 1. The molecule has 2 amide bonds. The predicted molar refractivity (Wildman–Crippen MR) is 75.0 cm³/mol. The number of carbonyl (C=O) groups is 2. The van der Waals surface area contributed by atoms with Crippen molar-refractivity contribution in [3.8, 4) is 5.75 Å². The Morgan fingerprint density at radius 2 is 2.10 bits per heavy atom. The van der Waals surface area contributed by atoms with Crippen LogP contribution in [-0.2, 0) is 9.59 Å². The van der Waals surface area contributed by atoms with Gasteiger partial charge in [-0.1, -0.05) is 26.0 Å². The molecule has 108 valence electrons. The minimum Gasteiger partial charge on any atom is -0.497 e. The van der Waals surface area contributed by atoms with Crippen LogP contribution in [0.25, 0.3) is 0 Å². The van der Waals surface area contributed by atoms with E-state index in [1.54, 1.807) is 21.0 Å². The summed E-state index contributed by atoms with van der Waals surface area (Å²) in [6.07, 6.45) is 0.247. The van der Waals surface area contributed by atoms with Gasteiger partial charge in [-0.05, 0) is 17.7 Å². The van der Waals surface area contributed by atoms with Crippen molar-refractivity contribution in [1.82, 2.24) is 4.90 Å². The highest BCUT2D eigenvalue weighted by atomic mass is 16.5. The topological polar surface area (TPSA) is 72.6 Å². The average Bonchev–Trinajstić information content (AvgIpc) is 2.61. The van der Waals surface area contributed by atoms with Crippen molar-refractivity contribution in [1.29, 1.82) is 0 Å². The van der Waals surface area contributed by atoms with E-state index in [1.807, 2.05) is 24.3 Å². The van der Waals surface area contributed by atoms with Crippen LogP contribution in [-0.4, -0.2) is 30.4 Å². The molecule has 0 aromatic heterocycles. The van der Waals surface area contributed by atoms with E-state index in [-0.39, 0.29) is 24.8 Å². The minimum absolute atomic E-state index is 0.152. The Labute approximate surface area is 118 Å².